The third-order valence-electron chi connectivity index (χ3n) is 5.92. The molecule has 0 saturated carbocycles. The molecule has 39 heavy (non-hydrogen) atoms. The summed E-state index contributed by atoms with van der Waals surface area (Å²) in [5.41, 5.74) is 1.10. The number of aromatic nitrogens is 2. The minimum atomic E-state index is -0.871. The Morgan fingerprint density at radius 1 is 1.10 bits per heavy atom. The number of furan rings is 1. The van der Waals surface area contributed by atoms with Gasteiger partial charge in [0.15, 0.2) is 11.9 Å². The first kappa shape index (κ1) is 26.0. The number of nitrogens with zero attached hydrogens (tertiary/aromatic N) is 3. The summed E-state index contributed by atoms with van der Waals surface area (Å²) < 4.78 is 23.5. The molecule has 1 atom stereocenters. The number of esters is 1. The van der Waals surface area contributed by atoms with Crippen LogP contribution in [0.2, 0.25) is 5.02 Å². The number of benzene rings is 3. The van der Waals surface area contributed by atoms with E-state index in [1.54, 1.807) is 75.6 Å². The van der Waals surface area contributed by atoms with Crippen LogP contribution in [0.15, 0.2) is 81.0 Å². The molecule has 0 unspecified atom stereocenters. The standard InChI is InChI=1S/C29H24ClN3O6/c1-4-37-29(35)17(2)38-23-13-12-19(30)14-18(23)16-31-33-27(32-22-9-6-5-8-20(22)28(33)34)26-15-21-24(36-3)10-7-11-25(21)39-26/h5-17H,4H2,1-3H3/t17-/m0/s1. The average molecular weight is 546 g/mol. The zero-order valence-corrected chi connectivity index (χ0v) is 22.1. The van der Waals surface area contributed by atoms with Crippen LogP contribution in [0.25, 0.3) is 33.5 Å². The number of para-hydroxylation sites is 1. The Bertz CT molecular complexity index is 1770. The third-order valence-corrected chi connectivity index (χ3v) is 6.16. The van der Waals surface area contributed by atoms with Crippen LogP contribution in [0.4, 0.5) is 0 Å². The van der Waals surface area contributed by atoms with Gasteiger partial charge < -0.3 is 18.6 Å². The number of methoxy groups -OCH3 is 1. The van der Waals surface area contributed by atoms with Gasteiger partial charge in [0, 0.05) is 10.6 Å². The summed E-state index contributed by atoms with van der Waals surface area (Å²) >= 11 is 6.24. The molecule has 198 valence electrons. The van der Waals surface area contributed by atoms with Crippen molar-refractivity contribution in [3.05, 3.63) is 87.7 Å². The van der Waals surface area contributed by atoms with Gasteiger partial charge in [-0.2, -0.15) is 9.78 Å². The van der Waals surface area contributed by atoms with Gasteiger partial charge in [0.25, 0.3) is 5.56 Å². The molecule has 5 rings (SSSR count). The van der Waals surface area contributed by atoms with E-state index in [9.17, 15) is 9.59 Å². The molecule has 10 heteroatoms. The van der Waals surface area contributed by atoms with Gasteiger partial charge in [-0.15, -0.1) is 0 Å². The monoisotopic (exact) mass is 545 g/mol. The number of hydrogen-bond donors (Lipinski definition) is 0. The lowest BCUT2D eigenvalue weighted by Gasteiger charge is -2.15. The van der Waals surface area contributed by atoms with Crippen molar-refractivity contribution in [1.82, 2.24) is 9.66 Å². The third kappa shape index (κ3) is 5.21. The van der Waals surface area contributed by atoms with Gasteiger partial charge in [0.1, 0.15) is 17.1 Å². The summed E-state index contributed by atoms with van der Waals surface area (Å²) in [7, 11) is 1.57. The summed E-state index contributed by atoms with van der Waals surface area (Å²) in [6.45, 7) is 3.53. The Labute approximate surface area is 228 Å². The number of ether oxygens (including phenoxy) is 3. The van der Waals surface area contributed by atoms with Crippen molar-refractivity contribution < 1.29 is 23.4 Å². The molecular formula is C29H24ClN3O6. The number of halogens is 1. The van der Waals surface area contributed by atoms with Gasteiger partial charge in [0.05, 0.1) is 36.2 Å². The van der Waals surface area contributed by atoms with Crippen LogP contribution in [0.3, 0.4) is 0 Å². The molecule has 0 N–H and O–H groups in total. The molecule has 2 heterocycles. The predicted molar refractivity (Wildman–Crippen MR) is 149 cm³/mol. The van der Waals surface area contributed by atoms with Gasteiger partial charge in [-0.25, -0.2) is 9.78 Å². The molecule has 0 aliphatic carbocycles. The average Bonchev–Trinajstić information content (AvgIpc) is 3.38. The fourth-order valence-corrected chi connectivity index (χ4v) is 4.24. The number of carbonyl (C=O) groups excluding carboxylic acids is 1. The van der Waals surface area contributed by atoms with E-state index < -0.39 is 17.6 Å². The Kier molecular flexibility index (Phi) is 7.33. The van der Waals surface area contributed by atoms with Gasteiger partial charge >= 0.3 is 5.97 Å². The van der Waals surface area contributed by atoms with Crippen molar-refractivity contribution in [2.75, 3.05) is 13.7 Å². The van der Waals surface area contributed by atoms with Crippen LogP contribution < -0.4 is 15.0 Å². The maximum Gasteiger partial charge on any atom is 0.347 e. The number of hydrogen-bond acceptors (Lipinski definition) is 8. The summed E-state index contributed by atoms with van der Waals surface area (Å²) in [4.78, 5) is 30.4. The molecule has 3 aromatic carbocycles. The molecule has 0 saturated heterocycles. The maximum atomic E-state index is 13.6. The second kappa shape index (κ2) is 11.0. The quantitative estimate of drug-likeness (QED) is 0.182. The van der Waals surface area contributed by atoms with Gasteiger partial charge in [-0.1, -0.05) is 29.8 Å². The van der Waals surface area contributed by atoms with E-state index in [0.717, 1.165) is 10.1 Å². The largest absolute Gasteiger partial charge is 0.496 e. The zero-order chi connectivity index (χ0) is 27.5. The van der Waals surface area contributed by atoms with Crippen LogP contribution in [0.5, 0.6) is 11.5 Å². The molecule has 0 aliphatic rings. The summed E-state index contributed by atoms with van der Waals surface area (Å²) in [5, 5.41) is 6.00. The minimum absolute atomic E-state index is 0.192. The highest BCUT2D eigenvalue weighted by Crippen LogP contribution is 2.33. The van der Waals surface area contributed by atoms with Gasteiger partial charge in [0.2, 0.25) is 5.82 Å². The molecule has 0 aliphatic heterocycles. The zero-order valence-electron chi connectivity index (χ0n) is 21.4. The van der Waals surface area contributed by atoms with Crippen LogP contribution in [-0.2, 0) is 9.53 Å². The Morgan fingerprint density at radius 2 is 1.92 bits per heavy atom. The first-order valence-corrected chi connectivity index (χ1v) is 12.5. The van der Waals surface area contributed by atoms with Crippen molar-refractivity contribution in [2.45, 2.75) is 20.0 Å². The second-order valence-electron chi connectivity index (χ2n) is 8.49. The van der Waals surface area contributed by atoms with Gasteiger partial charge in [-0.05, 0) is 62.4 Å². The van der Waals surface area contributed by atoms with Crippen LogP contribution in [0.1, 0.15) is 19.4 Å². The van der Waals surface area contributed by atoms with E-state index in [-0.39, 0.29) is 12.4 Å². The number of rotatable bonds is 8. The van der Waals surface area contributed by atoms with Crippen molar-refractivity contribution in [1.29, 1.82) is 0 Å². The predicted octanol–water partition coefficient (Wildman–Crippen LogP) is 5.68. The van der Waals surface area contributed by atoms with Crippen molar-refractivity contribution in [3.63, 3.8) is 0 Å². The summed E-state index contributed by atoms with van der Waals surface area (Å²) in [6, 6.07) is 19.0. The summed E-state index contributed by atoms with van der Waals surface area (Å²) in [5.74, 6) is 0.969. The fourth-order valence-electron chi connectivity index (χ4n) is 4.06. The molecule has 5 aromatic rings. The van der Waals surface area contributed by atoms with E-state index in [2.05, 4.69) is 5.10 Å². The van der Waals surface area contributed by atoms with E-state index in [4.69, 9.17) is 35.2 Å². The first-order valence-electron chi connectivity index (χ1n) is 12.2. The normalized spacial score (nSPS) is 12.2. The van der Waals surface area contributed by atoms with E-state index in [1.807, 2.05) is 12.1 Å². The summed E-state index contributed by atoms with van der Waals surface area (Å²) in [6.07, 6.45) is 0.549. The molecule has 0 bridgehead atoms. The molecule has 0 fully saturated rings. The topological polar surface area (TPSA) is 105 Å². The highest BCUT2D eigenvalue weighted by Gasteiger charge is 2.19. The van der Waals surface area contributed by atoms with Crippen LogP contribution in [0, 0.1) is 0 Å². The van der Waals surface area contributed by atoms with E-state index in [1.165, 1.54) is 6.21 Å². The van der Waals surface area contributed by atoms with Crippen molar-refractivity contribution >= 4 is 45.7 Å². The Hall–Kier alpha value is -4.63. The van der Waals surface area contributed by atoms with Gasteiger partial charge in [-0.3, -0.25) is 4.79 Å². The highest BCUT2D eigenvalue weighted by molar-refractivity contribution is 6.30. The van der Waals surface area contributed by atoms with Crippen molar-refractivity contribution in [2.24, 2.45) is 5.10 Å². The van der Waals surface area contributed by atoms with Crippen LogP contribution >= 0.6 is 11.6 Å². The lowest BCUT2D eigenvalue weighted by Crippen LogP contribution is -2.26. The van der Waals surface area contributed by atoms with E-state index in [0.29, 0.717) is 44.3 Å². The lowest BCUT2D eigenvalue weighted by molar-refractivity contribution is -0.150. The van der Waals surface area contributed by atoms with E-state index >= 15 is 0 Å². The SMILES string of the molecule is CCOC(=O)[C@H](C)Oc1ccc(Cl)cc1C=Nn1c(-c2cc3c(OC)cccc3o2)nc2ccccc2c1=O. The second-order valence-corrected chi connectivity index (χ2v) is 8.93. The van der Waals surface area contributed by atoms with Crippen molar-refractivity contribution in [3.8, 4) is 23.1 Å². The Morgan fingerprint density at radius 3 is 2.72 bits per heavy atom. The number of fused-ring (bicyclic) bond motifs is 2. The molecular weight excluding hydrogens is 522 g/mol. The van der Waals surface area contributed by atoms with Crippen LogP contribution in [-0.4, -0.2) is 41.7 Å². The molecule has 2 aromatic heterocycles. The fraction of sp³-hybridized carbons (Fsp3) is 0.172. The first-order chi connectivity index (χ1) is 18.9. The minimum Gasteiger partial charge on any atom is -0.496 e. The molecule has 0 radical (unpaired) electrons. The number of carbonyl (C=O) groups is 1. The maximum absolute atomic E-state index is 13.6. The molecule has 9 nitrogen and oxygen atoms in total. The lowest BCUT2D eigenvalue weighted by atomic mass is 10.2. The molecule has 0 amide bonds. The molecule has 0 spiro atoms. The Balaban J connectivity index is 1.64. The highest BCUT2D eigenvalue weighted by atomic mass is 35.5. The smallest absolute Gasteiger partial charge is 0.347 e.